The van der Waals surface area contributed by atoms with Crippen molar-refractivity contribution in [2.45, 2.75) is 32.1 Å². The Morgan fingerprint density at radius 1 is 1.15 bits per heavy atom. The summed E-state index contributed by atoms with van der Waals surface area (Å²) in [7, 11) is 1.84. The molecule has 0 bridgehead atoms. The molecule has 2 aromatic heterocycles. The van der Waals surface area contributed by atoms with Crippen molar-refractivity contribution in [2.75, 3.05) is 12.8 Å². The number of benzene rings is 1. The van der Waals surface area contributed by atoms with Gasteiger partial charge in [-0.1, -0.05) is 36.0 Å². The van der Waals surface area contributed by atoms with Crippen LogP contribution < -0.4 is 0 Å². The van der Waals surface area contributed by atoms with E-state index in [1.54, 1.807) is 17.3 Å². The van der Waals surface area contributed by atoms with Gasteiger partial charge in [-0.2, -0.15) is 0 Å². The Hall–Kier alpha value is -2.67. The maximum Gasteiger partial charge on any atom is 0.233 e. The zero-order valence-electron chi connectivity index (χ0n) is 15.8. The molecule has 7 heteroatoms. The quantitative estimate of drug-likeness (QED) is 0.587. The van der Waals surface area contributed by atoms with Gasteiger partial charge < -0.3 is 9.47 Å². The first-order valence-corrected chi connectivity index (χ1v) is 9.83. The molecule has 3 aromatic rings. The lowest BCUT2D eigenvalue weighted by molar-refractivity contribution is -0.127. The Morgan fingerprint density at radius 2 is 1.89 bits per heavy atom. The molecule has 0 radical (unpaired) electrons. The summed E-state index contributed by atoms with van der Waals surface area (Å²) in [5.41, 5.74) is 3.32. The summed E-state index contributed by atoms with van der Waals surface area (Å²) < 4.78 is 2.02. The summed E-state index contributed by atoms with van der Waals surface area (Å²) in [4.78, 5) is 18.3. The van der Waals surface area contributed by atoms with Crippen molar-refractivity contribution >= 4 is 17.7 Å². The summed E-state index contributed by atoms with van der Waals surface area (Å²) >= 11 is 1.42. The molecule has 0 aliphatic rings. The highest BCUT2D eigenvalue weighted by atomic mass is 32.2. The summed E-state index contributed by atoms with van der Waals surface area (Å²) in [5, 5.41) is 9.33. The van der Waals surface area contributed by atoms with Crippen LogP contribution in [0.25, 0.3) is 11.4 Å². The molecule has 140 valence electrons. The molecule has 0 spiro atoms. The van der Waals surface area contributed by atoms with Gasteiger partial charge in [0, 0.05) is 38.1 Å². The van der Waals surface area contributed by atoms with Crippen LogP contribution in [-0.2, 0) is 17.9 Å². The van der Waals surface area contributed by atoms with Gasteiger partial charge in [0.15, 0.2) is 11.0 Å². The molecule has 0 unspecified atom stereocenters. The maximum atomic E-state index is 12.5. The fraction of sp³-hybridized carbons (Fsp3) is 0.300. The van der Waals surface area contributed by atoms with E-state index in [0.29, 0.717) is 12.3 Å². The van der Waals surface area contributed by atoms with Gasteiger partial charge in [-0.25, -0.2) is 0 Å². The van der Waals surface area contributed by atoms with Crippen LogP contribution in [0.3, 0.4) is 0 Å². The van der Waals surface area contributed by atoms with Gasteiger partial charge in [0.05, 0.1) is 5.75 Å². The summed E-state index contributed by atoms with van der Waals surface area (Å²) in [6.07, 6.45) is 3.47. The lowest BCUT2D eigenvalue weighted by Gasteiger charge is -2.18. The fourth-order valence-corrected chi connectivity index (χ4v) is 3.71. The first-order chi connectivity index (χ1) is 13.1. The molecule has 2 heterocycles. The van der Waals surface area contributed by atoms with E-state index in [1.165, 1.54) is 17.3 Å². The molecule has 1 amide bonds. The van der Waals surface area contributed by atoms with Crippen molar-refractivity contribution < 1.29 is 4.79 Å². The largest absolute Gasteiger partial charge is 0.341 e. The highest BCUT2D eigenvalue weighted by Crippen LogP contribution is 2.23. The molecule has 3 rings (SSSR count). The van der Waals surface area contributed by atoms with E-state index in [4.69, 9.17) is 0 Å². The molecule has 0 N–H and O–H groups in total. The van der Waals surface area contributed by atoms with Gasteiger partial charge in [0.25, 0.3) is 0 Å². The second-order valence-electron chi connectivity index (χ2n) is 6.25. The smallest absolute Gasteiger partial charge is 0.233 e. The second-order valence-corrected chi connectivity index (χ2v) is 7.19. The fourth-order valence-electron chi connectivity index (χ4n) is 2.76. The van der Waals surface area contributed by atoms with Crippen LogP contribution in [0.15, 0.2) is 53.9 Å². The number of pyridine rings is 1. The number of rotatable bonds is 7. The van der Waals surface area contributed by atoms with E-state index in [2.05, 4.69) is 34.2 Å². The molecule has 0 saturated carbocycles. The van der Waals surface area contributed by atoms with Crippen LogP contribution in [0.1, 0.15) is 18.1 Å². The zero-order valence-corrected chi connectivity index (χ0v) is 16.6. The third-order valence-corrected chi connectivity index (χ3v) is 5.34. The van der Waals surface area contributed by atoms with Crippen molar-refractivity contribution in [2.24, 2.45) is 0 Å². The molecule has 0 aliphatic carbocycles. The number of hydrogen-bond acceptors (Lipinski definition) is 5. The average molecular weight is 382 g/mol. The Balaban J connectivity index is 1.65. The molecule has 6 nitrogen and oxygen atoms in total. The SMILES string of the molecule is CCn1c(SCC(=O)N(C)Cc2ccccc2C)nnc1-c1ccncc1. The number of nitrogens with zero attached hydrogens (tertiary/aromatic N) is 5. The minimum Gasteiger partial charge on any atom is -0.341 e. The van der Waals surface area contributed by atoms with Gasteiger partial charge in [-0.15, -0.1) is 10.2 Å². The summed E-state index contributed by atoms with van der Waals surface area (Å²) in [5.74, 6) is 1.19. The van der Waals surface area contributed by atoms with Crippen molar-refractivity contribution in [3.63, 3.8) is 0 Å². The number of aryl methyl sites for hydroxylation is 1. The minimum atomic E-state index is 0.0689. The third-order valence-electron chi connectivity index (χ3n) is 4.39. The molecule has 0 saturated heterocycles. The number of hydrogen-bond donors (Lipinski definition) is 0. The van der Waals surface area contributed by atoms with E-state index >= 15 is 0 Å². The maximum absolute atomic E-state index is 12.5. The number of aromatic nitrogens is 4. The van der Waals surface area contributed by atoms with Gasteiger partial charge in [-0.3, -0.25) is 9.78 Å². The Labute approximate surface area is 163 Å². The lowest BCUT2D eigenvalue weighted by atomic mass is 10.1. The van der Waals surface area contributed by atoms with Gasteiger partial charge in [0.1, 0.15) is 0 Å². The normalized spacial score (nSPS) is 10.8. The van der Waals surface area contributed by atoms with Crippen molar-refractivity contribution in [3.8, 4) is 11.4 Å². The van der Waals surface area contributed by atoms with Crippen LogP contribution in [0.5, 0.6) is 0 Å². The zero-order chi connectivity index (χ0) is 19.2. The average Bonchev–Trinajstić information content (AvgIpc) is 3.11. The first-order valence-electron chi connectivity index (χ1n) is 8.85. The van der Waals surface area contributed by atoms with Gasteiger partial charge >= 0.3 is 0 Å². The monoisotopic (exact) mass is 381 g/mol. The lowest BCUT2D eigenvalue weighted by Crippen LogP contribution is -2.28. The molecule has 0 aliphatic heterocycles. The van der Waals surface area contributed by atoms with Crippen LogP contribution in [-0.4, -0.2) is 43.4 Å². The Kier molecular flexibility index (Phi) is 6.24. The molecule has 0 fully saturated rings. The third kappa shape index (κ3) is 4.54. The van der Waals surface area contributed by atoms with E-state index in [-0.39, 0.29) is 5.91 Å². The van der Waals surface area contributed by atoms with E-state index in [9.17, 15) is 4.79 Å². The van der Waals surface area contributed by atoms with Crippen LogP contribution in [0, 0.1) is 6.92 Å². The number of thioether (sulfide) groups is 1. The van der Waals surface area contributed by atoms with Crippen LogP contribution in [0.2, 0.25) is 0 Å². The Morgan fingerprint density at radius 3 is 2.59 bits per heavy atom. The van der Waals surface area contributed by atoms with E-state index < -0.39 is 0 Å². The molecule has 1 aromatic carbocycles. The van der Waals surface area contributed by atoms with E-state index in [0.717, 1.165) is 28.7 Å². The standard InChI is InChI=1S/C20H23N5OS/c1-4-25-19(16-9-11-21-12-10-16)22-23-20(25)27-14-18(26)24(3)13-17-8-6-5-7-15(17)2/h5-12H,4,13-14H2,1-3H3. The molecular formula is C20H23N5OS. The number of carbonyl (C=O) groups excluding carboxylic acids is 1. The number of carbonyl (C=O) groups is 1. The Bertz CT molecular complexity index is 910. The van der Waals surface area contributed by atoms with Gasteiger partial charge in [0.2, 0.25) is 5.91 Å². The van der Waals surface area contributed by atoms with Crippen LogP contribution in [0.4, 0.5) is 0 Å². The van der Waals surface area contributed by atoms with Crippen molar-refractivity contribution in [1.82, 2.24) is 24.6 Å². The molecule has 27 heavy (non-hydrogen) atoms. The van der Waals surface area contributed by atoms with Crippen molar-refractivity contribution in [1.29, 1.82) is 0 Å². The number of amides is 1. The molecular weight excluding hydrogens is 358 g/mol. The topological polar surface area (TPSA) is 63.9 Å². The summed E-state index contributed by atoms with van der Waals surface area (Å²) in [6, 6.07) is 11.9. The minimum absolute atomic E-state index is 0.0689. The highest BCUT2D eigenvalue weighted by molar-refractivity contribution is 7.99. The van der Waals surface area contributed by atoms with Gasteiger partial charge in [-0.05, 0) is 37.1 Å². The predicted octanol–water partition coefficient (Wildman–Crippen LogP) is 3.42. The van der Waals surface area contributed by atoms with Crippen LogP contribution >= 0.6 is 11.8 Å². The second kappa shape index (κ2) is 8.81. The van der Waals surface area contributed by atoms with Crippen molar-refractivity contribution in [3.05, 3.63) is 59.9 Å². The molecule has 0 atom stereocenters. The van der Waals surface area contributed by atoms with E-state index in [1.807, 2.05) is 42.8 Å². The first kappa shape index (κ1) is 19.1. The summed E-state index contributed by atoms with van der Waals surface area (Å²) in [6.45, 7) is 5.45. The predicted molar refractivity (Wildman–Crippen MR) is 107 cm³/mol. The highest BCUT2D eigenvalue weighted by Gasteiger charge is 2.16.